The molecule has 30 heavy (non-hydrogen) atoms. The monoisotopic (exact) mass is 454 g/mol. The van der Waals surface area contributed by atoms with Gasteiger partial charge in [0.2, 0.25) is 0 Å². The molecule has 0 unspecified atom stereocenters. The van der Waals surface area contributed by atoms with Crippen LogP contribution < -0.4 is 5.56 Å². The van der Waals surface area contributed by atoms with Crippen LogP contribution in [0.1, 0.15) is 30.9 Å². The van der Waals surface area contributed by atoms with Crippen molar-refractivity contribution in [3.05, 3.63) is 98.3 Å². The van der Waals surface area contributed by atoms with Gasteiger partial charge in [-0.15, -0.1) is 0 Å². The third-order valence-corrected chi connectivity index (χ3v) is 6.49. The van der Waals surface area contributed by atoms with Crippen LogP contribution in [0.15, 0.2) is 76.7 Å². The van der Waals surface area contributed by atoms with Crippen molar-refractivity contribution in [1.82, 2.24) is 9.55 Å². The van der Waals surface area contributed by atoms with Gasteiger partial charge in [-0.25, -0.2) is 4.98 Å². The zero-order chi connectivity index (χ0) is 21.3. The molecule has 0 saturated heterocycles. The maximum atomic E-state index is 13.5. The lowest BCUT2D eigenvalue weighted by atomic mass is 10.0. The maximum Gasteiger partial charge on any atom is 0.266 e. The van der Waals surface area contributed by atoms with E-state index in [1.807, 2.05) is 54.6 Å². The Labute approximate surface area is 189 Å². The molecular formula is C24H20Cl2N2OS. The van der Waals surface area contributed by atoms with E-state index < -0.39 is 0 Å². The van der Waals surface area contributed by atoms with Gasteiger partial charge in [-0.05, 0) is 47.4 Å². The Kier molecular flexibility index (Phi) is 6.19. The van der Waals surface area contributed by atoms with Gasteiger partial charge in [-0.1, -0.05) is 85.2 Å². The van der Waals surface area contributed by atoms with Crippen molar-refractivity contribution in [2.24, 2.45) is 0 Å². The molecule has 3 aromatic carbocycles. The van der Waals surface area contributed by atoms with Crippen LogP contribution in [0.25, 0.3) is 16.6 Å². The fraction of sp³-hybridized carbons (Fsp3) is 0.167. The first-order valence-electron chi connectivity index (χ1n) is 9.63. The first-order valence-corrected chi connectivity index (χ1v) is 11.4. The SMILES string of the molecule is CC(C)c1ccccc1-n1c(SCc2ccc(Cl)cc2Cl)nc2ccccc2c1=O. The number of thioether (sulfide) groups is 1. The molecule has 3 nitrogen and oxygen atoms in total. The Bertz CT molecular complexity index is 1280. The van der Waals surface area contributed by atoms with Crippen molar-refractivity contribution in [2.45, 2.75) is 30.7 Å². The highest BCUT2D eigenvalue weighted by molar-refractivity contribution is 7.98. The Morgan fingerprint density at radius 3 is 2.50 bits per heavy atom. The normalized spacial score (nSPS) is 11.4. The summed E-state index contributed by atoms with van der Waals surface area (Å²) in [6.45, 7) is 4.25. The summed E-state index contributed by atoms with van der Waals surface area (Å²) in [5.74, 6) is 0.841. The van der Waals surface area contributed by atoms with E-state index in [0.29, 0.717) is 31.9 Å². The van der Waals surface area contributed by atoms with Gasteiger partial charge >= 0.3 is 0 Å². The first kappa shape index (κ1) is 21.0. The topological polar surface area (TPSA) is 34.9 Å². The minimum absolute atomic E-state index is 0.0709. The molecule has 0 aliphatic heterocycles. The molecule has 0 radical (unpaired) electrons. The fourth-order valence-electron chi connectivity index (χ4n) is 3.38. The Morgan fingerprint density at radius 1 is 1.00 bits per heavy atom. The number of rotatable bonds is 5. The Hall–Kier alpha value is -2.27. The minimum Gasteiger partial charge on any atom is -0.268 e. The average molecular weight is 455 g/mol. The van der Waals surface area contributed by atoms with Gasteiger partial charge in [-0.2, -0.15) is 0 Å². The van der Waals surface area contributed by atoms with Crippen LogP contribution in [0, 0.1) is 0 Å². The predicted octanol–water partition coefficient (Wildman–Crippen LogP) is 7.11. The van der Waals surface area contributed by atoms with Crippen molar-refractivity contribution in [3.8, 4) is 5.69 Å². The quantitative estimate of drug-likeness (QED) is 0.238. The smallest absolute Gasteiger partial charge is 0.266 e. The molecule has 4 rings (SSSR count). The van der Waals surface area contributed by atoms with Crippen molar-refractivity contribution in [3.63, 3.8) is 0 Å². The van der Waals surface area contributed by atoms with E-state index in [2.05, 4.69) is 19.9 Å². The second-order valence-corrected chi connectivity index (χ2v) is 9.08. The highest BCUT2D eigenvalue weighted by atomic mass is 35.5. The standard InChI is InChI=1S/C24H20Cl2N2OS/c1-15(2)18-7-4-6-10-22(18)28-23(29)19-8-3-5-9-21(19)27-24(28)30-14-16-11-12-17(25)13-20(16)26/h3-13,15H,14H2,1-2H3. The number of nitrogens with zero attached hydrogens (tertiary/aromatic N) is 2. The number of para-hydroxylation sites is 2. The van der Waals surface area contributed by atoms with Crippen LogP contribution >= 0.6 is 35.0 Å². The molecule has 0 atom stereocenters. The molecule has 0 bridgehead atoms. The van der Waals surface area contributed by atoms with E-state index in [4.69, 9.17) is 28.2 Å². The molecule has 0 spiro atoms. The number of benzene rings is 3. The van der Waals surface area contributed by atoms with Crippen molar-refractivity contribution < 1.29 is 0 Å². The highest BCUT2D eigenvalue weighted by Gasteiger charge is 2.17. The van der Waals surface area contributed by atoms with Crippen LogP contribution in [-0.2, 0) is 5.75 Å². The van der Waals surface area contributed by atoms with Crippen LogP contribution in [0.5, 0.6) is 0 Å². The van der Waals surface area contributed by atoms with Gasteiger partial charge in [0.15, 0.2) is 5.16 Å². The lowest BCUT2D eigenvalue weighted by Crippen LogP contribution is -2.23. The van der Waals surface area contributed by atoms with Gasteiger partial charge in [-0.3, -0.25) is 9.36 Å². The Balaban J connectivity index is 1.88. The van der Waals surface area contributed by atoms with E-state index in [-0.39, 0.29) is 11.5 Å². The van der Waals surface area contributed by atoms with Gasteiger partial charge in [0, 0.05) is 15.8 Å². The molecular weight excluding hydrogens is 435 g/mol. The number of hydrogen-bond acceptors (Lipinski definition) is 3. The second kappa shape index (κ2) is 8.84. The summed E-state index contributed by atoms with van der Waals surface area (Å²) in [5, 5.41) is 2.44. The average Bonchev–Trinajstić information content (AvgIpc) is 2.73. The molecule has 0 saturated carbocycles. The zero-order valence-electron chi connectivity index (χ0n) is 16.6. The largest absolute Gasteiger partial charge is 0.268 e. The van der Waals surface area contributed by atoms with Crippen molar-refractivity contribution >= 4 is 45.9 Å². The molecule has 0 fully saturated rings. The fourth-order valence-corrected chi connectivity index (χ4v) is 4.95. The molecule has 0 N–H and O–H groups in total. The number of fused-ring (bicyclic) bond motifs is 1. The lowest BCUT2D eigenvalue weighted by Gasteiger charge is -2.18. The molecule has 0 amide bonds. The molecule has 6 heteroatoms. The molecule has 4 aromatic rings. The van der Waals surface area contributed by atoms with E-state index in [1.54, 1.807) is 10.6 Å². The van der Waals surface area contributed by atoms with Gasteiger partial charge in [0.05, 0.1) is 16.6 Å². The summed E-state index contributed by atoms with van der Waals surface area (Å²) in [5.41, 5.74) is 3.52. The lowest BCUT2D eigenvalue weighted by molar-refractivity contribution is 0.780. The van der Waals surface area contributed by atoms with Crippen molar-refractivity contribution in [2.75, 3.05) is 0 Å². The maximum absolute atomic E-state index is 13.5. The minimum atomic E-state index is -0.0709. The van der Waals surface area contributed by atoms with Crippen molar-refractivity contribution in [1.29, 1.82) is 0 Å². The second-order valence-electron chi connectivity index (χ2n) is 7.29. The van der Waals surface area contributed by atoms with E-state index >= 15 is 0 Å². The summed E-state index contributed by atoms with van der Waals surface area (Å²) >= 11 is 13.9. The third-order valence-electron chi connectivity index (χ3n) is 4.92. The van der Waals surface area contributed by atoms with E-state index in [9.17, 15) is 4.79 Å². The highest BCUT2D eigenvalue weighted by Crippen LogP contribution is 2.31. The zero-order valence-corrected chi connectivity index (χ0v) is 18.9. The molecule has 1 aromatic heterocycles. The van der Waals surface area contributed by atoms with Gasteiger partial charge < -0.3 is 0 Å². The summed E-state index contributed by atoms with van der Waals surface area (Å²) in [4.78, 5) is 18.3. The predicted molar refractivity (Wildman–Crippen MR) is 127 cm³/mol. The van der Waals surface area contributed by atoms with E-state index in [1.165, 1.54) is 11.8 Å². The van der Waals surface area contributed by atoms with Crippen LogP contribution in [0.4, 0.5) is 0 Å². The molecule has 0 aliphatic rings. The van der Waals surface area contributed by atoms with E-state index in [0.717, 1.165) is 16.8 Å². The summed E-state index contributed by atoms with van der Waals surface area (Å²) in [7, 11) is 0. The molecule has 152 valence electrons. The van der Waals surface area contributed by atoms with Crippen LogP contribution in [0.2, 0.25) is 10.0 Å². The number of hydrogen-bond donors (Lipinski definition) is 0. The Morgan fingerprint density at radius 2 is 1.73 bits per heavy atom. The molecule has 0 aliphatic carbocycles. The third kappa shape index (κ3) is 4.13. The van der Waals surface area contributed by atoms with Crippen LogP contribution in [-0.4, -0.2) is 9.55 Å². The molecule has 1 heterocycles. The first-order chi connectivity index (χ1) is 14.5. The number of halogens is 2. The van der Waals surface area contributed by atoms with Gasteiger partial charge in [0.25, 0.3) is 5.56 Å². The van der Waals surface area contributed by atoms with Gasteiger partial charge in [0.1, 0.15) is 0 Å². The summed E-state index contributed by atoms with van der Waals surface area (Å²) in [6.07, 6.45) is 0. The summed E-state index contributed by atoms with van der Waals surface area (Å²) < 4.78 is 1.73. The number of aromatic nitrogens is 2. The van der Waals surface area contributed by atoms with Crippen LogP contribution in [0.3, 0.4) is 0 Å². The summed E-state index contributed by atoms with van der Waals surface area (Å²) in [6, 6.07) is 20.9.